The van der Waals surface area contributed by atoms with E-state index >= 15 is 0 Å². The number of benzene rings is 3. The summed E-state index contributed by atoms with van der Waals surface area (Å²) < 4.78 is 6.25. The van der Waals surface area contributed by atoms with Crippen molar-refractivity contribution in [1.29, 1.82) is 0 Å². The number of aromatic nitrogens is 2. The summed E-state index contributed by atoms with van der Waals surface area (Å²) in [5.74, 6) is 1.15. The molecule has 6 rings (SSSR count). The summed E-state index contributed by atoms with van der Waals surface area (Å²) in [5.41, 5.74) is 8.79. The fourth-order valence-electron chi connectivity index (χ4n) is 5.77. The van der Waals surface area contributed by atoms with Gasteiger partial charge in [-0.05, 0) is 73.1 Å². The maximum Gasteiger partial charge on any atom is 0.319 e. The molecule has 3 heterocycles. The van der Waals surface area contributed by atoms with Crippen molar-refractivity contribution >= 4 is 27.5 Å². The number of nitrogens with two attached hydrogens (primary N) is 1. The fourth-order valence-corrected chi connectivity index (χ4v) is 5.77. The second-order valence-electron chi connectivity index (χ2n) is 10.6. The number of hydrogen-bond acceptors (Lipinski definition) is 8. The van der Waals surface area contributed by atoms with Crippen LogP contribution in [0.25, 0.3) is 32.8 Å². The maximum absolute atomic E-state index is 10.4. The summed E-state index contributed by atoms with van der Waals surface area (Å²) in [6.45, 7) is 2.89. The Labute approximate surface area is 217 Å². The third-order valence-corrected chi connectivity index (χ3v) is 7.43. The van der Waals surface area contributed by atoms with Gasteiger partial charge in [-0.1, -0.05) is 30.3 Å². The van der Waals surface area contributed by atoms with Crippen LogP contribution in [0, 0.1) is 0 Å². The average Bonchev–Trinajstić information content (AvgIpc) is 3.23. The maximum atomic E-state index is 10.4. The van der Waals surface area contributed by atoms with Crippen LogP contribution in [0.5, 0.6) is 11.8 Å². The number of aromatic hydroxyl groups is 1. The van der Waals surface area contributed by atoms with E-state index in [2.05, 4.69) is 39.4 Å². The summed E-state index contributed by atoms with van der Waals surface area (Å²) in [7, 11) is 4.00. The van der Waals surface area contributed by atoms with Gasteiger partial charge >= 0.3 is 6.01 Å². The minimum Gasteiger partial charge on any atom is -0.508 e. The molecule has 4 N–H and O–H groups in total. The third-order valence-electron chi connectivity index (χ3n) is 7.43. The van der Waals surface area contributed by atoms with Gasteiger partial charge in [0.15, 0.2) is 0 Å². The first-order valence-electron chi connectivity index (χ1n) is 13.0. The number of ether oxygens (including phenoxy) is 1. The van der Waals surface area contributed by atoms with Crippen LogP contribution in [-0.4, -0.2) is 78.4 Å². The number of fused-ring (bicyclic) bond motifs is 4. The molecule has 0 spiro atoms. The van der Waals surface area contributed by atoms with E-state index in [0.29, 0.717) is 31.2 Å². The molecule has 2 aliphatic rings. The van der Waals surface area contributed by atoms with Crippen molar-refractivity contribution in [3.05, 3.63) is 54.6 Å². The molecule has 4 aromatic rings. The molecule has 8 heteroatoms. The van der Waals surface area contributed by atoms with Crippen molar-refractivity contribution in [3.63, 3.8) is 0 Å². The molecule has 2 aliphatic heterocycles. The van der Waals surface area contributed by atoms with E-state index in [0.717, 1.165) is 51.7 Å². The molecule has 2 fully saturated rings. The van der Waals surface area contributed by atoms with Gasteiger partial charge in [0, 0.05) is 43.6 Å². The zero-order valence-corrected chi connectivity index (χ0v) is 21.4. The van der Waals surface area contributed by atoms with Gasteiger partial charge in [-0.3, -0.25) is 0 Å². The molecule has 3 atom stereocenters. The van der Waals surface area contributed by atoms with Crippen LogP contribution in [0.1, 0.15) is 12.8 Å². The first-order chi connectivity index (χ1) is 18.0. The summed E-state index contributed by atoms with van der Waals surface area (Å²) in [4.78, 5) is 14.2. The van der Waals surface area contributed by atoms with Crippen molar-refractivity contribution in [2.24, 2.45) is 5.73 Å². The van der Waals surface area contributed by atoms with E-state index in [1.54, 1.807) is 6.07 Å². The van der Waals surface area contributed by atoms with Gasteiger partial charge in [-0.25, -0.2) is 0 Å². The van der Waals surface area contributed by atoms with E-state index < -0.39 is 0 Å². The molecule has 192 valence electrons. The van der Waals surface area contributed by atoms with E-state index in [9.17, 15) is 5.11 Å². The van der Waals surface area contributed by atoms with Crippen LogP contribution >= 0.6 is 0 Å². The lowest BCUT2D eigenvalue weighted by atomic mass is 9.97. The number of nitrogens with one attached hydrogen (secondary N) is 1. The molecule has 37 heavy (non-hydrogen) atoms. The second kappa shape index (κ2) is 9.78. The van der Waals surface area contributed by atoms with Gasteiger partial charge < -0.3 is 30.7 Å². The predicted molar refractivity (Wildman–Crippen MR) is 148 cm³/mol. The first kappa shape index (κ1) is 23.9. The molecular formula is C29H34N6O2. The number of anilines is 1. The molecule has 0 amide bonds. The summed E-state index contributed by atoms with van der Waals surface area (Å²) in [5, 5.41) is 17.2. The zero-order valence-electron chi connectivity index (χ0n) is 21.4. The number of phenolic OH excluding ortho intramolecular Hbond substituents is 1. The molecule has 3 aromatic carbocycles. The Morgan fingerprint density at radius 2 is 1.84 bits per heavy atom. The first-order valence-corrected chi connectivity index (χ1v) is 13.0. The Hall–Kier alpha value is -3.46. The molecule has 0 aliphatic carbocycles. The topological polar surface area (TPSA) is 99.8 Å². The summed E-state index contributed by atoms with van der Waals surface area (Å²) in [6, 6.07) is 19.3. The zero-order chi connectivity index (χ0) is 25.5. The number of hydrogen-bond donors (Lipinski definition) is 3. The SMILES string of the molecule is CN(C)CC(CN)Oc1nc(N2C[C@H]3CC[C@@H](C2)N3)c2ccc(-c3cc(O)cc4ccccc34)cc2n1. The van der Waals surface area contributed by atoms with Gasteiger partial charge in [0.25, 0.3) is 0 Å². The van der Waals surface area contributed by atoms with E-state index in [-0.39, 0.29) is 11.9 Å². The van der Waals surface area contributed by atoms with Crippen LogP contribution in [0.3, 0.4) is 0 Å². The number of phenols is 1. The largest absolute Gasteiger partial charge is 0.508 e. The number of rotatable bonds is 7. The molecule has 2 bridgehead atoms. The minimum absolute atomic E-state index is 0.210. The monoisotopic (exact) mass is 498 g/mol. The predicted octanol–water partition coefficient (Wildman–Crippen LogP) is 3.36. The number of likely N-dealkylation sites (N-methyl/N-ethyl adjacent to an activating group) is 1. The quantitative estimate of drug-likeness (QED) is 0.357. The Balaban J connectivity index is 1.47. The molecule has 8 nitrogen and oxygen atoms in total. The molecule has 1 aromatic heterocycles. The van der Waals surface area contributed by atoms with E-state index in [1.165, 1.54) is 12.8 Å². The lowest BCUT2D eigenvalue weighted by Crippen LogP contribution is -2.51. The Bertz CT molecular complexity index is 1430. The van der Waals surface area contributed by atoms with Crippen LogP contribution in [-0.2, 0) is 0 Å². The molecule has 1 unspecified atom stereocenters. The van der Waals surface area contributed by atoms with Gasteiger partial charge in [0.2, 0.25) is 0 Å². The second-order valence-corrected chi connectivity index (χ2v) is 10.6. The van der Waals surface area contributed by atoms with Crippen molar-refractivity contribution in [1.82, 2.24) is 20.2 Å². The van der Waals surface area contributed by atoms with Gasteiger partial charge in [-0.15, -0.1) is 0 Å². The lowest BCUT2D eigenvalue weighted by molar-refractivity contribution is 0.155. The normalized spacial score (nSPS) is 20.2. The standard InChI is InChI=1S/C29H34N6O2/c1-34(2)17-23(14-30)37-29-32-27-12-19(26-13-22(36)11-18-5-3-4-6-24(18)26)7-10-25(27)28(33-29)35-15-20-8-9-21(16-35)31-20/h3-7,10-13,20-21,23,31,36H,8-9,14-17,30H2,1-2H3/t20-,21+,23?. The van der Waals surface area contributed by atoms with Crippen LogP contribution in [0.2, 0.25) is 0 Å². The van der Waals surface area contributed by atoms with Crippen LogP contribution in [0.15, 0.2) is 54.6 Å². The minimum atomic E-state index is -0.210. The highest BCUT2D eigenvalue weighted by molar-refractivity contribution is 6.00. The Morgan fingerprint density at radius 3 is 2.59 bits per heavy atom. The van der Waals surface area contributed by atoms with Gasteiger partial charge in [0.1, 0.15) is 17.7 Å². The Morgan fingerprint density at radius 1 is 1.05 bits per heavy atom. The Kier molecular flexibility index (Phi) is 6.32. The fraction of sp³-hybridized carbons (Fsp3) is 0.379. The van der Waals surface area contributed by atoms with Gasteiger partial charge in [0.05, 0.1) is 5.52 Å². The lowest BCUT2D eigenvalue weighted by Gasteiger charge is -2.34. The highest BCUT2D eigenvalue weighted by atomic mass is 16.5. The smallest absolute Gasteiger partial charge is 0.319 e. The molecule has 0 radical (unpaired) electrons. The van der Waals surface area contributed by atoms with Crippen LogP contribution < -0.4 is 20.7 Å². The van der Waals surface area contributed by atoms with E-state index in [1.807, 2.05) is 38.4 Å². The number of nitrogens with zero attached hydrogens (tertiary/aromatic N) is 4. The number of piperazine rings is 1. The van der Waals surface area contributed by atoms with Crippen molar-refractivity contribution in [2.45, 2.75) is 31.0 Å². The highest BCUT2D eigenvalue weighted by Crippen LogP contribution is 2.36. The van der Waals surface area contributed by atoms with Crippen LogP contribution in [0.4, 0.5) is 5.82 Å². The van der Waals surface area contributed by atoms with Gasteiger partial charge in [-0.2, -0.15) is 9.97 Å². The summed E-state index contributed by atoms with van der Waals surface area (Å²) in [6.07, 6.45) is 2.18. The molecular weight excluding hydrogens is 464 g/mol. The van der Waals surface area contributed by atoms with Crippen molar-refractivity contribution in [3.8, 4) is 22.9 Å². The van der Waals surface area contributed by atoms with Crippen molar-refractivity contribution < 1.29 is 9.84 Å². The van der Waals surface area contributed by atoms with Crippen molar-refractivity contribution in [2.75, 3.05) is 45.2 Å². The molecule has 0 saturated carbocycles. The average molecular weight is 499 g/mol. The summed E-state index contributed by atoms with van der Waals surface area (Å²) >= 11 is 0. The highest BCUT2D eigenvalue weighted by Gasteiger charge is 2.33. The third kappa shape index (κ3) is 4.80. The van der Waals surface area contributed by atoms with E-state index in [4.69, 9.17) is 20.4 Å². The molecule has 2 saturated heterocycles.